The minimum Gasteiger partial charge on any atom is -0.444 e. The first-order valence-corrected chi connectivity index (χ1v) is 8.64. The molecule has 0 aromatic heterocycles. The monoisotopic (exact) mass is 355 g/mol. The van der Waals surface area contributed by atoms with E-state index in [4.69, 9.17) is 9.47 Å². The van der Waals surface area contributed by atoms with Crippen molar-refractivity contribution < 1.29 is 23.8 Å². The number of aliphatic hydroxyl groups is 1. The summed E-state index contributed by atoms with van der Waals surface area (Å²) in [7, 11) is 0. The van der Waals surface area contributed by atoms with Crippen LogP contribution in [0.2, 0.25) is 0 Å². The number of carbonyl (C=O) groups is 1. The number of ether oxygens (including phenoxy) is 2. The zero-order valence-electron chi connectivity index (χ0n) is 15.6. The smallest absolute Gasteiger partial charge is 0.407 e. The highest BCUT2D eigenvalue weighted by Crippen LogP contribution is 2.29. The molecule has 0 aliphatic rings. The third kappa shape index (κ3) is 7.00. The first-order valence-electron chi connectivity index (χ1n) is 8.64. The van der Waals surface area contributed by atoms with Crippen LogP contribution < -0.4 is 5.32 Å². The Morgan fingerprint density at radius 2 is 1.92 bits per heavy atom. The van der Waals surface area contributed by atoms with Gasteiger partial charge in [-0.15, -0.1) is 0 Å². The molecule has 1 aromatic carbocycles. The Hall–Kier alpha value is -1.66. The van der Waals surface area contributed by atoms with E-state index in [2.05, 4.69) is 5.32 Å². The van der Waals surface area contributed by atoms with Crippen molar-refractivity contribution in [1.82, 2.24) is 5.32 Å². The molecular formula is C19H30FNO4. The van der Waals surface area contributed by atoms with Crippen LogP contribution in [-0.4, -0.2) is 43.2 Å². The molecule has 0 bridgehead atoms. The summed E-state index contributed by atoms with van der Waals surface area (Å²) < 4.78 is 25.1. The highest BCUT2D eigenvalue weighted by molar-refractivity contribution is 5.67. The average molecular weight is 355 g/mol. The molecule has 2 N–H and O–H groups in total. The Bertz CT molecular complexity index is 544. The molecule has 1 rings (SSSR count). The van der Waals surface area contributed by atoms with Gasteiger partial charge in [0.2, 0.25) is 0 Å². The molecule has 1 aromatic rings. The Morgan fingerprint density at radius 1 is 1.24 bits per heavy atom. The van der Waals surface area contributed by atoms with Crippen LogP contribution in [0, 0.1) is 5.82 Å². The standard InChI is InChI=1S/C19H30FNO4/c1-5-11-24-12-10-19(14-22,15-8-6-7-9-16(15)20)13-21-17(23)25-18(2,3)4/h6-9,22H,5,10-14H2,1-4H3,(H,21,23). The van der Waals surface area contributed by atoms with Crippen molar-refractivity contribution in [2.45, 2.75) is 51.6 Å². The molecule has 142 valence electrons. The van der Waals surface area contributed by atoms with Crippen molar-refractivity contribution in [3.8, 4) is 0 Å². The number of amides is 1. The molecule has 0 radical (unpaired) electrons. The van der Waals surface area contributed by atoms with Gasteiger partial charge >= 0.3 is 6.09 Å². The Balaban J connectivity index is 2.93. The molecule has 0 aliphatic carbocycles. The van der Waals surface area contributed by atoms with E-state index >= 15 is 0 Å². The summed E-state index contributed by atoms with van der Waals surface area (Å²) in [5.41, 5.74) is -1.25. The lowest BCUT2D eigenvalue weighted by atomic mass is 9.78. The minimum atomic E-state index is -0.976. The fourth-order valence-electron chi connectivity index (χ4n) is 2.50. The number of carbonyl (C=O) groups excluding carboxylic acids is 1. The summed E-state index contributed by atoms with van der Waals surface area (Å²) in [5, 5.41) is 12.7. The van der Waals surface area contributed by atoms with Gasteiger partial charge in [-0.25, -0.2) is 9.18 Å². The minimum absolute atomic E-state index is 0.0504. The van der Waals surface area contributed by atoms with E-state index < -0.39 is 22.9 Å². The highest BCUT2D eigenvalue weighted by Gasteiger charge is 2.35. The third-order valence-corrected chi connectivity index (χ3v) is 3.79. The first kappa shape index (κ1) is 21.4. The molecule has 0 fully saturated rings. The Labute approximate surface area is 149 Å². The van der Waals surface area contributed by atoms with Crippen molar-refractivity contribution >= 4 is 6.09 Å². The van der Waals surface area contributed by atoms with Crippen LogP contribution in [0.25, 0.3) is 0 Å². The number of hydrogen-bond acceptors (Lipinski definition) is 4. The molecule has 0 aliphatic heterocycles. The molecule has 6 heteroatoms. The van der Waals surface area contributed by atoms with Crippen LogP contribution in [0.15, 0.2) is 24.3 Å². The first-order chi connectivity index (χ1) is 11.7. The summed E-state index contributed by atoms with van der Waals surface area (Å²) in [5.74, 6) is -0.418. The number of nitrogens with one attached hydrogen (secondary N) is 1. The predicted molar refractivity (Wildman–Crippen MR) is 95.1 cm³/mol. The largest absolute Gasteiger partial charge is 0.444 e. The Morgan fingerprint density at radius 3 is 2.48 bits per heavy atom. The molecule has 0 heterocycles. The van der Waals surface area contributed by atoms with Crippen molar-refractivity contribution in [2.24, 2.45) is 0 Å². The lowest BCUT2D eigenvalue weighted by Crippen LogP contribution is -2.46. The summed E-state index contributed by atoms with van der Waals surface area (Å²) in [6.07, 6.45) is 0.651. The van der Waals surface area contributed by atoms with Crippen LogP contribution in [0.3, 0.4) is 0 Å². The number of halogens is 1. The van der Waals surface area contributed by atoms with Gasteiger partial charge in [0, 0.05) is 25.2 Å². The Kier molecular flexibility index (Phi) is 8.32. The van der Waals surface area contributed by atoms with Gasteiger partial charge in [0.1, 0.15) is 11.4 Å². The molecular weight excluding hydrogens is 325 g/mol. The van der Waals surface area contributed by atoms with Gasteiger partial charge in [-0.05, 0) is 45.2 Å². The zero-order valence-corrected chi connectivity index (χ0v) is 15.6. The van der Waals surface area contributed by atoms with Crippen molar-refractivity contribution in [1.29, 1.82) is 0 Å². The van der Waals surface area contributed by atoms with E-state index in [9.17, 15) is 14.3 Å². The molecule has 25 heavy (non-hydrogen) atoms. The summed E-state index contributed by atoms with van der Waals surface area (Å²) in [6, 6.07) is 6.28. The third-order valence-electron chi connectivity index (χ3n) is 3.79. The van der Waals surface area contributed by atoms with Gasteiger partial charge in [0.15, 0.2) is 0 Å². The fraction of sp³-hybridized carbons (Fsp3) is 0.632. The average Bonchev–Trinajstić information content (AvgIpc) is 2.54. The van der Waals surface area contributed by atoms with Crippen LogP contribution in [-0.2, 0) is 14.9 Å². The maximum Gasteiger partial charge on any atom is 0.407 e. The maximum atomic E-state index is 14.3. The van der Waals surface area contributed by atoms with Gasteiger partial charge in [0.25, 0.3) is 0 Å². The summed E-state index contributed by atoms with van der Waals surface area (Å²) >= 11 is 0. The lowest BCUT2D eigenvalue weighted by Gasteiger charge is -2.33. The number of rotatable bonds is 9. The molecule has 0 saturated carbocycles. The number of benzene rings is 1. The van der Waals surface area contributed by atoms with Crippen molar-refractivity contribution in [3.05, 3.63) is 35.6 Å². The maximum absolute atomic E-state index is 14.3. The van der Waals surface area contributed by atoms with E-state index in [-0.39, 0.29) is 13.2 Å². The van der Waals surface area contributed by atoms with E-state index in [1.807, 2.05) is 6.92 Å². The van der Waals surface area contributed by atoms with E-state index in [0.717, 1.165) is 6.42 Å². The van der Waals surface area contributed by atoms with Gasteiger partial charge in [-0.1, -0.05) is 25.1 Å². The quantitative estimate of drug-likeness (QED) is 0.666. The SMILES string of the molecule is CCCOCCC(CO)(CNC(=O)OC(C)(C)C)c1ccccc1F. The van der Waals surface area contributed by atoms with Crippen LogP contribution >= 0.6 is 0 Å². The number of hydrogen-bond donors (Lipinski definition) is 2. The van der Waals surface area contributed by atoms with Crippen molar-refractivity contribution in [3.63, 3.8) is 0 Å². The normalized spacial score (nSPS) is 14.0. The molecule has 0 saturated heterocycles. The second kappa shape index (κ2) is 9.73. The van der Waals surface area contributed by atoms with Crippen LogP contribution in [0.5, 0.6) is 0 Å². The van der Waals surface area contributed by atoms with Gasteiger partial charge in [-0.2, -0.15) is 0 Å². The fourth-order valence-corrected chi connectivity index (χ4v) is 2.50. The predicted octanol–water partition coefficient (Wildman–Crippen LogP) is 3.40. The number of aliphatic hydroxyl groups excluding tert-OH is 1. The molecule has 1 amide bonds. The molecule has 0 spiro atoms. The summed E-state index contributed by atoms with van der Waals surface area (Å²) in [6.45, 7) is 7.98. The van der Waals surface area contributed by atoms with Gasteiger partial charge < -0.3 is 19.9 Å². The second-order valence-corrected chi connectivity index (χ2v) is 7.14. The topological polar surface area (TPSA) is 67.8 Å². The van der Waals surface area contributed by atoms with Crippen LogP contribution in [0.4, 0.5) is 9.18 Å². The van der Waals surface area contributed by atoms with Crippen molar-refractivity contribution in [2.75, 3.05) is 26.4 Å². The zero-order chi connectivity index (χ0) is 18.9. The lowest BCUT2D eigenvalue weighted by molar-refractivity contribution is 0.0477. The molecule has 5 nitrogen and oxygen atoms in total. The van der Waals surface area contributed by atoms with Gasteiger partial charge in [-0.3, -0.25) is 0 Å². The van der Waals surface area contributed by atoms with E-state index in [1.54, 1.807) is 39.0 Å². The summed E-state index contributed by atoms with van der Waals surface area (Å²) in [4.78, 5) is 12.0. The molecule has 1 atom stereocenters. The van der Waals surface area contributed by atoms with E-state index in [1.165, 1.54) is 6.07 Å². The van der Waals surface area contributed by atoms with Crippen LogP contribution in [0.1, 0.15) is 46.1 Å². The molecule has 1 unspecified atom stereocenters. The second-order valence-electron chi connectivity index (χ2n) is 7.14. The highest BCUT2D eigenvalue weighted by atomic mass is 19.1. The number of alkyl carbamates (subject to hydrolysis) is 1. The van der Waals surface area contributed by atoms with E-state index in [0.29, 0.717) is 25.2 Å². The van der Waals surface area contributed by atoms with Gasteiger partial charge in [0.05, 0.1) is 6.61 Å².